The van der Waals surface area contributed by atoms with Gasteiger partial charge in [0.1, 0.15) is 6.54 Å². The molecule has 0 bridgehead atoms. The number of carbonyl (C=O) groups is 1. The molecule has 5 aromatic rings. The molecule has 0 atom stereocenters. The predicted octanol–water partition coefficient (Wildman–Crippen LogP) is 2.29. The molecule has 0 amide bonds. The van der Waals surface area contributed by atoms with Crippen molar-refractivity contribution in [1.29, 1.82) is 0 Å². The lowest BCUT2D eigenvalue weighted by molar-refractivity contribution is -0.141. The van der Waals surface area contributed by atoms with Crippen molar-refractivity contribution in [3.05, 3.63) is 87.2 Å². The second kappa shape index (κ2) is 7.63. The van der Waals surface area contributed by atoms with Gasteiger partial charge in [-0.05, 0) is 24.6 Å². The zero-order chi connectivity index (χ0) is 23.3. The maximum atomic E-state index is 13.3. The van der Waals surface area contributed by atoms with Crippen molar-refractivity contribution in [2.75, 3.05) is 7.11 Å². The van der Waals surface area contributed by atoms with E-state index in [1.807, 2.05) is 72.3 Å². The largest absolute Gasteiger partial charge is 0.468 e. The highest BCUT2D eigenvalue weighted by Crippen LogP contribution is 2.29. The van der Waals surface area contributed by atoms with Gasteiger partial charge in [-0.3, -0.25) is 23.1 Å². The Labute approximate surface area is 187 Å². The van der Waals surface area contributed by atoms with E-state index in [4.69, 9.17) is 0 Å². The van der Waals surface area contributed by atoms with E-state index in [9.17, 15) is 14.4 Å². The molecule has 0 saturated carbocycles. The van der Waals surface area contributed by atoms with Gasteiger partial charge in [-0.1, -0.05) is 42.5 Å². The number of imidazole rings is 2. The number of fused-ring (bicyclic) bond motifs is 3. The van der Waals surface area contributed by atoms with Crippen molar-refractivity contribution in [1.82, 2.24) is 23.1 Å². The third-order valence-corrected chi connectivity index (χ3v) is 5.69. The van der Waals surface area contributed by atoms with Crippen LogP contribution in [0, 0.1) is 6.92 Å². The molecule has 9 heteroatoms. The first-order chi connectivity index (χ1) is 15.9. The van der Waals surface area contributed by atoms with Crippen LogP contribution in [0.3, 0.4) is 0 Å². The van der Waals surface area contributed by atoms with Crippen LogP contribution in [0.2, 0.25) is 0 Å². The fourth-order valence-electron chi connectivity index (χ4n) is 4.06. The Morgan fingerprint density at radius 3 is 2.52 bits per heavy atom. The average Bonchev–Trinajstić information content (AvgIpc) is 3.37. The van der Waals surface area contributed by atoms with Crippen LogP contribution in [-0.2, 0) is 23.1 Å². The van der Waals surface area contributed by atoms with Crippen molar-refractivity contribution in [2.24, 2.45) is 7.05 Å². The highest BCUT2D eigenvalue weighted by molar-refractivity contribution is 5.80. The molecule has 5 rings (SSSR count). The number of rotatable bonds is 4. The number of methoxy groups -OCH3 is 1. The maximum absolute atomic E-state index is 13.3. The van der Waals surface area contributed by atoms with Crippen LogP contribution in [0.1, 0.15) is 5.56 Å². The Hall–Kier alpha value is -4.40. The van der Waals surface area contributed by atoms with E-state index in [1.54, 1.807) is 4.40 Å². The normalized spacial score (nSPS) is 11.4. The molecule has 0 fully saturated rings. The van der Waals surface area contributed by atoms with Crippen molar-refractivity contribution < 1.29 is 9.53 Å². The number of hydrogen-bond donors (Lipinski definition) is 0. The fraction of sp³-hybridized carbons (Fsp3) is 0.167. The molecule has 33 heavy (non-hydrogen) atoms. The summed E-state index contributed by atoms with van der Waals surface area (Å²) in [5.41, 5.74) is 2.93. The molecular formula is C24H21N5O4. The molecule has 0 unspecified atom stereocenters. The maximum Gasteiger partial charge on any atom is 0.333 e. The standard InChI is InChI=1S/C24H21N5O4/c1-15-8-7-11-17(12-15)29-18(16-9-5-4-6-10-16)13-27-20-21(25-23(27)29)26(2)24(32)28(22(20)31)14-19(30)33-3/h4-13H,14H2,1-3H3. The van der Waals surface area contributed by atoms with E-state index in [0.29, 0.717) is 5.78 Å². The summed E-state index contributed by atoms with van der Waals surface area (Å²) in [6, 6.07) is 17.7. The number of aryl methyl sites for hydroxylation is 2. The highest BCUT2D eigenvalue weighted by atomic mass is 16.5. The van der Waals surface area contributed by atoms with Crippen LogP contribution < -0.4 is 11.2 Å². The molecule has 166 valence electrons. The van der Waals surface area contributed by atoms with Gasteiger partial charge in [-0.15, -0.1) is 0 Å². The van der Waals surface area contributed by atoms with Gasteiger partial charge < -0.3 is 4.74 Å². The number of benzene rings is 2. The zero-order valence-electron chi connectivity index (χ0n) is 18.3. The lowest BCUT2D eigenvalue weighted by Crippen LogP contribution is -2.41. The quantitative estimate of drug-likeness (QED) is 0.398. The Morgan fingerprint density at radius 1 is 1.06 bits per heavy atom. The number of hydrogen-bond acceptors (Lipinski definition) is 5. The van der Waals surface area contributed by atoms with Crippen molar-refractivity contribution in [3.8, 4) is 16.9 Å². The Bertz CT molecular complexity index is 1650. The topological polar surface area (TPSA) is 92.5 Å². The summed E-state index contributed by atoms with van der Waals surface area (Å²) in [5.74, 6) is -0.200. The lowest BCUT2D eigenvalue weighted by Gasteiger charge is -2.10. The first-order valence-corrected chi connectivity index (χ1v) is 10.3. The predicted molar refractivity (Wildman–Crippen MR) is 124 cm³/mol. The van der Waals surface area contributed by atoms with E-state index in [1.165, 1.54) is 18.7 Å². The van der Waals surface area contributed by atoms with Crippen LogP contribution in [-0.4, -0.2) is 36.2 Å². The molecule has 0 spiro atoms. The number of carbonyl (C=O) groups excluding carboxylic acids is 1. The Kier molecular flexibility index (Phi) is 4.74. The Balaban J connectivity index is 1.91. The van der Waals surface area contributed by atoms with Gasteiger partial charge in [0.25, 0.3) is 5.56 Å². The summed E-state index contributed by atoms with van der Waals surface area (Å²) in [4.78, 5) is 42.7. The SMILES string of the molecule is COC(=O)Cn1c(=O)c2c(nc3n(-c4cccc(C)c4)c(-c4ccccc4)cn23)n(C)c1=O. The molecule has 0 aliphatic carbocycles. The van der Waals surface area contributed by atoms with Crippen molar-refractivity contribution in [3.63, 3.8) is 0 Å². The van der Waals surface area contributed by atoms with Gasteiger partial charge in [0.2, 0.25) is 5.78 Å². The minimum Gasteiger partial charge on any atom is -0.468 e. The highest BCUT2D eigenvalue weighted by Gasteiger charge is 2.23. The van der Waals surface area contributed by atoms with E-state index < -0.39 is 23.8 Å². The first-order valence-electron chi connectivity index (χ1n) is 10.3. The first kappa shape index (κ1) is 20.5. The lowest BCUT2D eigenvalue weighted by atomic mass is 10.1. The van der Waals surface area contributed by atoms with Crippen LogP contribution in [0.15, 0.2) is 70.4 Å². The molecule has 0 aliphatic heterocycles. The van der Waals surface area contributed by atoms with Gasteiger partial charge in [0.15, 0.2) is 11.2 Å². The molecule has 2 aromatic carbocycles. The van der Waals surface area contributed by atoms with Gasteiger partial charge in [-0.25, -0.2) is 9.36 Å². The van der Waals surface area contributed by atoms with Crippen molar-refractivity contribution in [2.45, 2.75) is 13.5 Å². The summed E-state index contributed by atoms with van der Waals surface area (Å²) in [7, 11) is 2.74. The van der Waals surface area contributed by atoms with E-state index >= 15 is 0 Å². The van der Waals surface area contributed by atoms with Gasteiger partial charge in [-0.2, -0.15) is 4.98 Å². The average molecular weight is 443 g/mol. The smallest absolute Gasteiger partial charge is 0.333 e. The van der Waals surface area contributed by atoms with E-state index in [2.05, 4.69) is 9.72 Å². The van der Waals surface area contributed by atoms with Gasteiger partial charge in [0, 0.05) is 24.5 Å². The number of esters is 1. The van der Waals surface area contributed by atoms with Gasteiger partial charge in [0.05, 0.1) is 12.8 Å². The van der Waals surface area contributed by atoms with Crippen LogP contribution >= 0.6 is 0 Å². The number of nitrogens with zero attached hydrogens (tertiary/aromatic N) is 5. The molecule has 0 aliphatic rings. The second-order valence-corrected chi connectivity index (χ2v) is 7.82. The summed E-state index contributed by atoms with van der Waals surface area (Å²) in [6.07, 6.45) is 1.83. The minimum atomic E-state index is -0.684. The van der Waals surface area contributed by atoms with Crippen LogP contribution in [0.5, 0.6) is 0 Å². The summed E-state index contributed by atoms with van der Waals surface area (Å²) in [5, 5.41) is 0. The third kappa shape index (κ3) is 3.16. The number of ether oxygens (including phenoxy) is 1. The second-order valence-electron chi connectivity index (χ2n) is 7.82. The van der Waals surface area contributed by atoms with E-state index in [-0.39, 0.29) is 11.2 Å². The zero-order valence-corrected chi connectivity index (χ0v) is 18.3. The summed E-state index contributed by atoms with van der Waals surface area (Å²) >= 11 is 0. The fourth-order valence-corrected chi connectivity index (χ4v) is 4.06. The number of aromatic nitrogens is 5. The molecule has 0 N–H and O–H groups in total. The molecule has 3 aromatic heterocycles. The minimum absolute atomic E-state index is 0.208. The third-order valence-electron chi connectivity index (χ3n) is 5.69. The van der Waals surface area contributed by atoms with Gasteiger partial charge >= 0.3 is 11.7 Å². The molecule has 9 nitrogen and oxygen atoms in total. The summed E-state index contributed by atoms with van der Waals surface area (Å²) in [6.45, 7) is 1.53. The monoisotopic (exact) mass is 443 g/mol. The molecule has 3 heterocycles. The van der Waals surface area contributed by atoms with Crippen molar-refractivity contribution >= 4 is 22.9 Å². The van der Waals surface area contributed by atoms with E-state index in [0.717, 1.165) is 27.1 Å². The Morgan fingerprint density at radius 2 is 1.82 bits per heavy atom. The molecular weight excluding hydrogens is 422 g/mol. The molecule has 0 saturated heterocycles. The van der Waals surface area contributed by atoms with Crippen LogP contribution in [0.25, 0.3) is 33.9 Å². The summed E-state index contributed by atoms with van der Waals surface area (Å²) < 4.78 is 10.4. The molecule has 0 radical (unpaired) electrons. The van der Waals surface area contributed by atoms with Crippen LogP contribution in [0.4, 0.5) is 0 Å².